The molecule has 1 saturated carbocycles. The van der Waals surface area contributed by atoms with Gasteiger partial charge >= 0.3 is 0 Å². The monoisotopic (exact) mass is 618 g/mol. The third-order valence-electron chi connectivity index (χ3n) is 7.02. The molecule has 1 aliphatic carbocycles. The maximum Gasteiger partial charge on any atom is 0.270 e. The second kappa shape index (κ2) is 12.6. The quantitative estimate of drug-likeness (QED) is 0.289. The van der Waals surface area contributed by atoms with Crippen LogP contribution in [0.25, 0.3) is 0 Å². The molecular weight excluding hydrogens is 591 g/mol. The summed E-state index contributed by atoms with van der Waals surface area (Å²) in [5.41, 5.74) is -1.54. The molecule has 4 rings (SSSR count). The number of anilines is 1. The Morgan fingerprint density at radius 2 is 1.93 bits per heavy atom. The highest BCUT2D eigenvalue weighted by Crippen LogP contribution is 2.38. The van der Waals surface area contributed by atoms with Crippen molar-refractivity contribution < 1.29 is 31.5 Å². The molecule has 17 heteroatoms. The minimum Gasteiger partial charge on any atom is -0.339 e. The van der Waals surface area contributed by atoms with Crippen molar-refractivity contribution in [2.75, 3.05) is 5.32 Å². The number of carbonyl (C=O) groups is 2. The van der Waals surface area contributed by atoms with Gasteiger partial charge in [-0.05, 0) is 44.7 Å². The van der Waals surface area contributed by atoms with E-state index in [0.717, 1.165) is 16.9 Å². The topological polar surface area (TPSA) is 140 Å². The van der Waals surface area contributed by atoms with Crippen LogP contribution in [0.15, 0.2) is 29.3 Å². The molecule has 0 aliphatic heterocycles. The summed E-state index contributed by atoms with van der Waals surface area (Å²) in [6.45, 7) is 3.57. The fraction of sp³-hybridized carbons (Fsp3) is 0.520. The largest absolute Gasteiger partial charge is 0.339 e. The van der Waals surface area contributed by atoms with Crippen LogP contribution >= 0.6 is 11.6 Å². The SMILES string of the molecule is CC(C)n1nccc1C(=O)N[C@H](C(=O)Nc1cn([C@@H](CC(F)F)c2cc(Cl)n[nH]c2=O)nc1F)C1CCC(F)(F)CC1. The molecule has 2 atom stereocenters. The Bertz CT molecular complexity index is 1480. The summed E-state index contributed by atoms with van der Waals surface area (Å²) in [6.07, 6.45) is -2.79. The second-order valence-corrected chi connectivity index (χ2v) is 10.7. The smallest absolute Gasteiger partial charge is 0.270 e. The van der Waals surface area contributed by atoms with Gasteiger partial charge in [0.1, 0.15) is 22.6 Å². The lowest BCUT2D eigenvalue weighted by molar-refractivity contribution is -0.121. The molecule has 3 N–H and O–H groups in total. The van der Waals surface area contributed by atoms with Gasteiger partial charge in [-0.15, -0.1) is 5.10 Å². The molecule has 0 saturated heterocycles. The van der Waals surface area contributed by atoms with Crippen molar-refractivity contribution in [1.29, 1.82) is 0 Å². The molecule has 3 aromatic heterocycles. The number of aromatic nitrogens is 6. The van der Waals surface area contributed by atoms with Crippen LogP contribution in [0.4, 0.5) is 27.6 Å². The van der Waals surface area contributed by atoms with Gasteiger partial charge in [0.15, 0.2) is 0 Å². The van der Waals surface area contributed by atoms with Gasteiger partial charge in [-0.2, -0.15) is 14.6 Å². The predicted octanol–water partition coefficient (Wildman–Crippen LogP) is 4.34. The second-order valence-electron chi connectivity index (χ2n) is 10.3. The highest BCUT2D eigenvalue weighted by molar-refractivity contribution is 6.29. The van der Waals surface area contributed by atoms with Crippen LogP contribution in [0.3, 0.4) is 0 Å². The first-order chi connectivity index (χ1) is 19.8. The lowest BCUT2D eigenvalue weighted by atomic mass is 9.81. The van der Waals surface area contributed by atoms with Gasteiger partial charge in [0.05, 0.1) is 12.2 Å². The molecule has 11 nitrogen and oxygen atoms in total. The van der Waals surface area contributed by atoms with Crippen molar-refractivity contribution >= 4 is 29.1 Å². The van der Waals surface area contributed by atoms with Gasteiger partial charge < -0.3 is 10.6 Å². The molecule has 3 aromatic rings. The Labute approximate surface area is 240 Å². The summed E-state index contributed by atoms with van der Waals surface area (Å²) in [7, 11) is 0. The van der Waals surface area contributed by atoms with Gasteiger partial charge in [0.2, 0.25) is 18.3 Å². The fourth-order valence-corrected chi connectivity index (χ4v) is 5.09. The van der Waals surface area contributed by atoms with Crippen LogP contribution in [0.1, 0.15) is 74.1 Å². The van der Waals surface area contributed by atoms with Crippen LogP contribution in [0, 0.1) is 11.9 Å². The third kappa shape index (κ3) is 7.14. The first kappa shape index (κ1) is 31.1. The van der Waals surface area contributed by atoms with E-state index in [-0.39, 0.29) is 35.3 Å². The van der Waals surface area contributed by atoms with Crippen LogP contribution in [0.2, 0.25) is 5.15 Å². The highest BCUT2D eigenvalue weighted by Gasteiger charge is 2.41. The normalized spacial score (nSPS) is 16.9. The van der Waals surface area contributed by atoms with Gasteiger partial charge in [-0.25, -0.2) is 22.7 Å². The molecular formula is C25H28ClF5N8O3. The fourth-order valence-electron chi connectivity index (χ4n) is 4.93. The van der Waals surface area contributed by atoms with E-state index in [1.54, 1.807) is 13.8 Å². The average Bonchev–Trinajstić information content (AvgIpc) is 3.55. The predicted molar refractivity (Wildman–Crippen MR) is 140 cm³/mol. The summed E-state index contributed by atoms with van der Waals surface area (Å²) >= 11 is 5.81. The average molecular weight is 619 g/mol. The molecule has 0 radical (unpaired) electrons. The number of nitrogens with one attached hydrogen (secondary N) is 3. The van der Waals surface area contributed by atoms with Crippen LogP contribution < -0.4 is 16.2 Å². The number of alkyl halides is 4. The van der Waals surface area contributed by atoms with Crippen LogP contribution in [-0.2, 0) is 4.79 Å². The van der Waals surface area contributed by atoms with Crippen LogP contribution in [0.5, 0.6) is 0 Å². The van der Waals surface area contributed by atoms with Crippen molar-refractivity contribution in [3.05, 3.63) is 57.2 Å². The Morgan fingerprint density at radius 3 is 2.57 bits per heavy atom. The van der Waals surface area contributed by atoms with Crippen molar-refractivity contribution in [3.8, 4) is 0 Å². The zero-order valence-electron chi connectivity index (χ0n) is 22.5. The third-order valence-corrected chi connectivity index (χ3v) is 7.21. The van der Waals surface area contributed by atoms with E-state index in [4.69, 9.17) is 11.6 Å². The minimum absolute atomic E-state index is 0.0986. The van der Waals surface area contributed by atoms with E-state index < -0.39 is 78.6 Å². The Balaban J connectivity index is 1.62. The number of hydrogen-bond donors (Lipinski definition) is 3. The van der Waals surface area contributed by atoms with Crippen molar-refractivity contribution in [2.45, 2.75) is 76.4 Å². The zero-order chi connectivity index (χ0) is 30.8. The molecule has 0 bridgehead atoms. The summed E-state index contributed by atoms with van der Waals surface area (Å²) < 4.78 is 71.7. The molecule has 0 unspecified atom stereocenters. The number of aromatic amines is 1. The van der Waals surface area contributed by atoms with Crippen LogP contribution in [-0.4, -0.2) is 60.0 Å². The highest BCUT2D eigenvalue weighted by atomic mass is 35.5. The van der Waals surface area contributed by atoms with E-state index in [1.807, 2.05) is 0 Å². The summed E-state index contributed by atoms with van der Waals surface area (Å²) in [5, 5.41) is 17.8. The lowest BCUT2D eigenvalue weighted by Crippen LogP contribution is -2.50. The number of H-pyrrole nitrogens is 1. The molecule has 42 heavy (non-hydrogen) atoms. The minimum atomic E-state index is -2.94. The summed E-state index contributed by atoms with van der Waals surface area (Å²) in [5.74, 6) is -6.52. The molecule has 2 amide bonds. The van der Waals surface area contributed by atoms with Gasteiger partial charge in [0.25, 0.3) is 17.4 Å². The lowest BCUT2D eigenvalue weighted by Gasteiger charge is -2.33. The first-order valence-corrected chi connectivity index (χ1v) is 13.4. The van der Waals surface area contributed by atoms with Gasteiger partial charge in [-0.1, -0.05) is 11.6 Å². The van der Waals surface area contributed by atoms with E-state index >= 15 is 0 Å². The molecule has 0 spiro atoms. The zero-order valence-corrected chi connectivity index (χ0v) is 23.2. The van der Waals surface area contributed by atoms with Crippen molar-refractivity contribution in [3.63, 3.8) is 0 Å². The number of rotatable bonds is 10. The summed E-state index contributed by atoms with van der Waals surface area (Å²) in [6, 6.07) is -0.575. The molecule has 0 aromatic carbocycles. The maximum atomic E-state index is 14.9. The van der Waals surface area contributed by atoms with E-state index in [2.05, 4.69) is 31.0 Å². The van der Waals surface area contributed by atoms with Crippen molar-refractivity contribution in [2.24, 2.45) is 5.92 Å². The maximum absolute atomic E-state index is 14.9. The van der Waals surface area contributed by atoms with Gasteiger partial charge in [0, 0.05) is 37.1 Å². The first-order valence-electron chi connectivity index (χ1n) is 13.1. The van der Waals surface area contributed by atoms with E-state index in [0.29, 0.717) is 0 Å². The Morgan fingerprint density at radius 1 is 1.24 bits per heavy atom. The van der Waals surface area contributed by atoms with E-state index in [9.17, 15) is 36.3 Å². The van der Waals surface area contributed by atoms with E-state index in [1.165, 1.54) is 16.9 Å². The number of halogens is 6. The number of hydrogen-bond acceptors (Lipinski definition) is 6. The van der Waals surface area contributed by atoms with Crippen molar-refractivity contribution in [1.82, 2.24) is 35.1 Å². The number of nitrogens with zero attached hydrogens (tertiary/aromatic N) is 5. The standard InChI is InChI=1S/C25H28ClF5N8O3/c1-12(2)39-16(5-8-32-39)23(41)34-20(13-3-6-25(30,31)7-4-13)24(42)33-15-11-38(37-21(15)29)17(10-19(27)28)14-9-18(26)35-36-22(14)40/h5,8-9,11-13,17,19-20H,3-4,6-7,10H2,1-2H3,(H,33,42)(H,34,41)(H,36,40)/t17-,20-/m0/s1. The Kier molecular flexibility index (Phi) is 9.33. The summed E-state index contributed by atoms with van der Waals surface area (Å²) in [4.78, 5) is 38.9. The number of carbonyl (C=O) groups excluding carboxylic acids is 2. The number of amides is 2. The molecule has 3 heterocycles. The molecule has 1 fully saturated rings. The Hall–Kier alpha value is -3.82. The molecule has 1 aliphatic rings. The van der Waals surface area contributed by atoms with Gasteiger partial charge in [-0.3, -0.25) is 23.7 Å². The molecule has 228 valence electrons.